The van der Waals surface area contributed by atoms with E-state index < -0.39 is 0 Å². The Morgan fingerprint density at radius 2 is 1.79 bits per heavy atom. The Labute approximate surface area is 139 Å². The summed E-state index contributed by atoms with van der Waals surface area (Å²) >= 11 is 0. The predicted octanol–water partition coefficient (Wildman–Crippen LogP) is 4.61. The van der Waals surface area contributed by atoms with Crippen LogP contribution in [0.4, 0.5) is 4.39 Å². The van der Waals surface area contributed by atoms with Gasteiger partial charge in [0.1, 0.15) is 11.6 Å². The van der Waals surface area contributed by atoms with Crippen LogP contribution in [0.3, 0.4) is 0 Å². The summed E-state index contributed by atoms with van der Waals surface area (Å²) in [5.41, 5.74) is 6.16. The first-order valence-corrected chi connectivity index (χ1v) is 7.94. The number of fused-ring (bicyclic) bond motifs is 2. The number of benzene rings is 2. The number of aromatic hydroxyl groups is 1. The van der Waals surface area contributed by atoms with E-state index in [0.717, 1.165) is 46.4 Å². The fraction of sp³-hybridized carbons (Fsp3) is 0.0952. The first kappa shape index (κ1) is 14.6. The second-order valence-electron chi connectivity index (χ2n) is 5.95. The number of phenolic OH excluding ortho intramolecular Hbond substituents is 1. The molecule has 0 saturated carbocycles. The molecule has 3 aromatic rings. The number of halogens is 1. The van der Waals surface area contributed by atoms with Crippen molar-refractivity contribution < 1.29 is 9.50 Å². The van der Waals surface area contributed by atoms with Gasteiger partial charge in [0.15, 0.2) is 0 Å². The SMILES string of the molecule is Oc1ccc(C=C2c3ccc(F)cc3CCc3ncccc32)cc1. The molecule has 0 radical (unpaired) electrons. The Kier molecular flexibility index (Phi) is 3.62. The highest BCUT2D eigenvalue weighted by Crippen LogP contribution is 2.34. The number of aromatic nitrogens is 1. The van der Waals surface area contributed by atoms with Gasteiger partial charge in [0.2, 0.25) is 0 Å². The molecule has 3 heteroatoms. The van der Waals surface area contributed by atoms with Gasteiger partial charge in [-0.05, 0) is 71.5 Å². The normalized spacial score (nSPS) is 14.8. The summed E-state index contributed by atoms with van der Waals surface area (Å²) in [6.07, 6.45) is 5.43. The van der Waals surface area contributed by atoms with E-state index in [1.165, 1.54) is 6.07 Å². The van der Waals surface area contributed by atoms with Gasteiger partial charge >= 0.3 is 0 Å². The van der Waals surface area contributed by atoms with Gasteiger partial charge in [-0.25, -0.2) is 4.39 Å². The fourth-order valence-corrected chi connectivity index (χ4v) is 3.21. The van der Waals surface area contributed by atoms with Crippen molar-refractivity contribution in [1.29, 1.82) is 0 Å². The van der Waals surface area contributed by atoms with E-state index >= 15 is 0 Å². The van der Waals surface area contributed by atoms with Crippen molar-refractivity contribution in [3.8, 4) is 5.75 Å². The molecular formula is C21H16FNO. The zero-order valence-electron chi connectivity index (χ0n) is 13.0. The van der Waals surface area contributed by atoms with Gasteiger partial charge < -0.3 is 5.11 Å². The highest BCUT2D eigenvalue weighted by molar-refractivity contribution is 5.93. The number of nitrogens with zero attached hydrogens (tertiary/aromatic N) is 1. The van der Waals surface area contributed by atoms with Crippen molar-refractivity contribution in [2.45, 2.75) is 12.8 Å². The van der Waals surface area contributed by atoms with Gasteiger partial charge in [0.05, 0.1) is 0 Å². The summed E-state index contributed by atoms with van der Waals surface area (Å²) in [4.78, 5) is 4.52. The van der Waals surface area contributed by atoms with Gasteiger partial charge in [-0.3, -0.25) is 4.98 Å². The molecule has 0 bridgehead atoms. The number of rotatable bonds is 1. The highest BCUT2D eigenvalue weighted by atomic mass is 19.1. The Hall–Kier alpha value is -2.94. The third kappa shape index (κ3) is 2.69. The predicted molar refractivity (Wildman–Crippen MR) is 93.1 cm³/mol. The Bertz CT molecular complexity index is 929. The summed E-state index contributed by atoms with van der Waals surface area (Å²) in [5.74, 6) is 0.0270. The summed E-state index contributed by atoms with van der Waals surface area (Å²) in [6, 6.07) is 16.0. The maximum atomic E-state index is 13.7. The lowest BCUT2D eigenvalue weighted by Gasteiger charge is -2.12. The lowest BCUT2D eigenvalue weighted by molar-refractivity contribution is 0.475. The van der Waals surface area contributed by atoms with Crippen LogP contribution in [0.2, 0.25) is 0 Å². The molecule has 2 nitrogen and oxygen atoms in total. The standard InChI is InChI=1S/C21H16FNO/c22-16-6-9-18-15(13-16)5-10-21-19(2-1-11-23-21)20(18)12-14-3-7-17(24)8-4-14/h1-4,6-9,11-13,24H,5,10H2. The molecule has 0 fully saturated rings. The van der Waals surface area contributed by atoms with Crippen molar-refractivity contribution in [2.75, 3.05) is 0 Å². The van der Waals surface area contributed by atoms with Crippen LogP contribution in [0.1, 0.15) is 27.9 Å². The van der Waals surface area contributed by atoms with Gasteiger partial charge in [0.25, 0.3) is 0 Å². The Morgan fingerprint density at radius 3 is 2.62 bits per heavy atom. The van der Waals surface area contributed by atoms with Crippen LogP contribution >= 0.6 is 0 Å². The quantitative estimate of drug-likeness (QED) is 0.711. The van der Waals surface area contributed by atoms with E-state index in [1.807, 2.05) is 24.3 Å². The van der Waals surface area contributed by atoms with E-state index in [1.54, 1.807) is 24.4 Å². The molecule has 1 aliphatic carbocycles. The summed E-state index contributed by atoms with van der Waals surface area (Å²) in [6.45, 7) is 0. The topological polar surface area (TPSA) is 33.1 Å². The third-order valence-electron chi connectivity index (χ3n) is 4.37. The average molecular weight is 317 g/mol. The van der Waals surface area contributed by atoms with Gasteiger partial charge in [-0.15, -0.1) is 0 Å². The number of hydrogen-bond donors (Lipinski definition) is 1. The lowest BCUT2D eigenvalue weighted by Crippen LogP contribution is -1.95. The monoisotopic (exact) mass is 317 g/mol. The van der Waals surface area contributed by atoms with E-state index in [9.17, 15) is 9.50 Å². The van der Waals surface area contributed by atoms with E-state index in [4.69, 9.17) is 0 Å². The maximum absolute atomic E-state index is 13.7. The van der Waals surface area contributed by atoms with Crippen molar-refractivity contribution in [2.24, 2.45) is 0 Å². The molecule has 1 heterocycles. The van der Waals surface area contributed by atoms with Crippen molar-refractivity contribution >= 4 is 11.6 Å². The molecule has 0 amide bonds. The summed E-state index contributed by atoms with van der Waals surface area (Å²) in [7, 11) is 0. The van der Waals surface area contributed by atoms with Crippen LogP contribution in [0.25, 0.3) is 11.6 Å². The van der Waals surface area contributed by atoms with Gasteiger partial charge in [-0.1, -0.05) is 24.3 Å². The minimum absolute atomic E-state index is 0.211. The van der Waals surface area contributed by atoms with Crippen LogP contribution < -0.4 is 0 Å². The molecule has 1 aromatic heterocycles. The van der Waals surface area contributed by atoms with Crippen molar-refractivity contribution in [3.05, 3.63) is 94.6 Å². The minimum atomic E-state index is -0.211. The molecule has 0 saturated heterocycles. The van der Waals surface area contributed by atoms with E-state index in [0.29, 0.717) is 0 Å². The largest absolute Gasteiger partial charge is 0.508 e. The molecular weight excluding hydrogens is 301 g/mol. The minimum Gasteiger partial charge on any atom is -0.508 e. The number of hydrogen-bond acceptors (Lipinski definition) is 2. The molecule has 4 rings (SSSR count). The molecule has 0 atom stereocenters. The van der Waals surface area contributed by atoms with E-state index in [-0.39, 0.29) is 11.6 Å². The Morgan fingerprint density at radius 1 is 0.958 bits per heavy atom. The van der Waals surface area contributed by atoms with Crippen molar-refractivity contribution in [1.82, 2.24) is 4.98 Å². The Balaban J connectivity index is 1.95. The molecule has 0 aliphatic heterocycles. The molecule has 1 N–H and O–H groups in total. The van der Waals surface area contributed by atoms with E-state index in [2.05, 4.69) is 17.1 Å². The van der Waals surface area contributed by atoms with Crippen molar-refractivity contribution in [3.63, 3.8) is 0 Å². The summed E-state index contributed by atoms with van der Waals surface area (Å²) in [5, 5.41) is 9.48. The molecule has 2 aromatic carbocycles. The van der Waals surface area contributed by atoms with Crippen LogP contribution in [-0.2, 0) is 12.8 Å². The van der Waals surface area contributed by atoms with Crippen LogP contribution in [0.15, 0.2) is 60.8 Å². The molecule has 1 aliphatic rings. The molecule has 0 spiro atoms. The third-order valence-corrected chi connectivity index (χ3v) is 4.37. The zero-order chi connectivity index (χ0) is 16.5. The first-order chi connectivity index (χ1) is 11.7. The first-order valence-electron chi connectivity index (χ1n) is 7.94. The lowest BCUT2D eigenvalue weighted by atomic mass is 9.93. The van der Waals surface area contributed by atoms with Gasteiger partial charge in [0, 0.05) is 17.5 Å². The second kappa shape index (κ2) is 5.93. The molecule has 0 unspecified atom stereocenters. The zero-order valence-corrected chi connectivity index (χ0v) is 13.0. The maximum Gasteiger partial charge on any atom is 0.123 e. The molecule has 24 heavy (non-hydrogen) atoms. The second-order valence-corrected chi connectivity index (χ2v) is 5.95. The number of pyridine rings is 1. The van der Waals surface area contributed by atoms with Crippen LogP contribution in [0.5, 0.6) is 5.75 Å². The molecule has 118 valence electrons. The van der Waals surface area contributed by atoms with Crippen LogP contribution in [-0.4, -0.2) is 10.1 Å². The number of aryl methyl sites for hydroxylation is 2. The van der Waals surface area contributed by atoms with Gasteiger partial charge in [-0.2, -0.15) is 0 Å². The summed E-state index contributed by atoms with van der Waals surface area (Å²) < 4.78 is 13.7. The highest BCUT2D eigenvalue weighted by Gasteiger charge is 2.19. The fourth-order valence-electron chi connectivity index (χ4n) is 3.21. The number of phenols is 1. The average Bonchev–Trinajstić information content (AvgIpc) is 2.74. The van der Waals surface area contributed by atoms with Crippen LogP contribution in [0, 0.1) is 5.82 Å². The smallest absolute Gasteiger partial charge is 0.123 e.